The average Bonchev–Trinajstić information content (AvgIpc) is 2.58. The molecule has 0 aromatic heterocycles. The van der Waals surface area contributed by atoms with Gasteiger partial charge in [0.25, 0.3) is 5.91 Å². The Balaban J connectivity index is 1.78. The summed E-state index contributed by atoms with van der Waals surface area (Å²) >= 11 is 0. The molecule has 150 valence electrons. The Morgan fingerprint density at radius 2 is 1.68 bits per heavy atom. The number of halogens is 7. The average molecular weight is 407 g/mol. The first-order valence-corrected chi connectivity index (χ1v) is 7.94. The number of benzene rings is 2. The van der Waals surface area contributed by atoms with Crippen molar-refractivity contribution in [3.63, 3.8) is 0 Å². The van der Waals surface area contributed by atoms with E-state index in [4.69, 9.17) is 4.74 Å². The molecule has 0 radical (unpaired) electrons. The standard InChI is InChI=1S/C18H12F7NO2/c19-13-7-9(17(20,21)22)5-6-11(13)15-14(8-28-15)26-16(27)10-3-1-2-4-12(10)18(23,24)25/h1-7,14-15H,8H2,(H,26,27)/t14-,15-/m0/s1. The molecule has 0 saturated carbocycles. The fraction of sp³-hybridized carbons (Fsp3) is 0.278. The van der Waals surface area contributed by atoms with Crippen molar-refractivity contribution < 1.29 is 40.3 Å². The molecule has 1 aliphatic heterocycles. The van der Waals surface area contributed by atoms with Crippen molar-refractivity contribution in [3.8, 4) is 0 Å². The number of hydrogen-bond donors (Lipinski definition) is 1. The maximum absolute atomic E-state index is 14.1. The highest BCUT2D eigenvalue weighted by atomic mass is 19.4. The van der Waals surface area contributed by atoms with Crippen LogP contribution in [0.25, 0.3) is 0 Å². The molecule has 1 fully saturated rings. The van der Waals surface area contributed by atoms with Crippen molar-refractivity contribution >= 4 is 5.91 Å². The third-order valence-electron chi connectivity index (χ3n) is 4.25. The first-order chi connectivity index (χ1) is 13.0. The van der Waals surface area contributed by atoms with E-state index in [0.29, 0.717) is 12.1 Å². The Labute approximate surface area is 154 Å². The molecule has 1 heterocycles. The number of alkyl halides is 6. The number of rotatable bonds is 3. The second kappa shape index (κ2) is 7.08. The minimum atomic E-state index is -4.75. The zero-order valence-corrected chi connectivity index (χ0v) is 13.9. The van der Waals surface area contributed by atoms with Gasteiger partial charge in [0.1, 0.15) is 11.9 Å². The van der Waals surface area contributed by atoms with E-state index in [1.54, 1.807) is 0 Å². The van der Waals surface area contributed by atoms with E-state index < -0.39 is 52.9 Å². The van der Waals surface area contributed by atoms with Gasteiger partial charge in [0, 0.05) is 5.56 Å². The van der Waals surface area contributed by atoms with Gasteiger partial charge in [-0.3, -0.25) is 4.79 Å². The van der Waals surface area contributed by atoms with Crippen LogP contribution < -0.4 is 5.32 Å². The van der Waals surface area contributed by atoms with E-state index >= 15 is 0 Å². The van der Waals surface area contributed by atoms with Crippen molar-refractivity contribution in [2.75, 3.05) is 6.61 Å². The monoisotopic (exact) mass is 407 g/mol. The number of nitrogens with one attached hydrogen (secondary N) is 1. The molecule has 3 nitrogen and oxygen atoms in total. The van der Waals surface area contributed by atoms with Crippen LogP contribution in [0.3, 0.4) is 0 Å². The summed E-state index contributed by atoms with van der Waals surface area (Å²) in [5, 5.41) is 2.31. The van der Waals surface area contributed by atoms with Gasteiger partial charge in [-0.1, -0.05) is 18.2 Å². The van der Waals surface area contributed by atoms with E-state index in [1.165, 1.54) is 6.07 Å². The van der Waals surface area contributed by atoms with Gasteiger partial charge in [0.2, 0.25) is 0 Å². The normalized spacial score (nSPS) is 19.8. The number of carbonyl (C=O) groups is 1. The number of hydrogen-bond acceptors (Lipinski definition) is 2. The smallest absolute Gasteiger partial charge is 0.369 e. The summed E-state index contributed by atoms with van der Waals surface area (Å²) < 4.78 is 96.1. The third kappa shape index (κ3) is 3.96. The predicted octanol–water partition coefficient (Wildman–Crippen LogP) is 4.73. The van der Waals surface area contributed by atoms with Crippen LogP contribution in [0.1, 0.15) is 33.2 Å². The quantitative estimate of drug-likeness (QED) is 0.747. The highest BCUT2D eigenvalue weighted by molar-refractivity contribution is 5.96. The highest BCUT2D eigenvalue weighted by Gasteiger charge is 2.40. The molecule has 0 spiro atoms. The largest absolute Gasteiger partial charge is 0.417 e. The maximum atomic E-state index is 14.1. The van der Waals surface area contributed by atoms with Gasteiger partial charge < -0.3 is 10.1 Å². The van der Waals surface area contributed by atoms with Gasteiger partial charge in [-0.15, -0.1) is 0 Å². The lowest BCUT2D eigenvalue weighted by Crippen LogP contribution is -2.51. The van der Waals surface area contributed by atoms with Gasteiger partial charge >= 0.3 is 12.4 Å². The van der Waals surface area contributed by atoms with Crippen LogP contribution in [-0.4, -0.2) is 18.6 Å². The molecule has 0 unspecified atom stereocenters. The molecular weight excluding hydrogens is 395 g/mol. The van der Waals surface area contributed by atoms with Crippen LogP contribution in [0.4, 0.5) is 30.7 Å². The van der Waals surface area contributed by atoms with E-state index in [1.807, 2.05) is 0 Å². The summed E-state index contributed by atoms with van der Waals surface area (Å²) in [5.74, 6) is -2.23. The van der Waals surface area contributed by atoms with Crippen LogP contribution in [0.2, 0.25) is 0 Å². The highest BCUT2D eigenvalue weighted by Crippen LogP contribution is 2.36. The molecule has 10 heteroatoms. The van der Waals surface area contributed by atoms with Crippen LogP contribution in [-0.2, 0) is 17.1 Å². The van der Waals surface area contributed by atoms with Crippen molar-refractivity contribution in [1.29, 1.82) is 0 Å². The van der Waals surface area contributed by atoms with Gasteiger partial charge in [-0.2, -0.15) is 26.3 Å². The summed E-state index contributed by atoms with van der Waals surface area (Å²) in [5.41, 5.74) is -3.17. The van der Waals surface area contributed by atoms with Crippen LogP contribution in [0.5, 0.6) is 0 Å². The molecule has 28 heavy (non-hydrogen) atoms. The Morgan fingerprint density at radius 3 is 2.21 bits per heavy atom. The maximum Gasteiger partial charge on any atom is 0.417 e. The van der Waals surface area contributed by atoms with Crippen molar-refractivity contribution in [3.05, 3.63) is 70.5 Å². The topological polar surface area (TPSA) is 38.3 Å². The van der Waals surface area contributed by atoms with Gasteiger partial charge in [0.15, 0.2) is 0 Å². The van der Waals surface area contributed by atoms with Crippen LogP contribution in [0.15, 0.2) is 42.5 Å². The molecule has 2 aromatic carbocycles. The molecule has 1 aliphatic rings. The van der Waals surface area contributed by atoms with Gasteiger partial charge in [-0.25, -0.2) is 4.39 Å². The minimum Gasteiger partial charge on any atom is -0.369 e. The fourth-order valence-corrected chi connectivity index (χ4v) is 2.82. The van der Waals surface area contributed by atoms with E-state index in [-0.39, 0.29) is 12.2 Å². The lowest BCUT2D eigenvalue weighted by molar-refractivity contribution is -0.138. The van der Waals surface area contributed by atoms with E-state index in [9.17, 15) is 35.5 Å². The molecule has 3 rings (SSSR count). The minimum absolute atomic E-state index is 0.120. The molecule has 0 aliphatic carbocycles. The van der Waals surface area contributed by atoms with Gasteiger partial charge in [-0.05, 0) is 24.3 Å². The molecule has 1 amide bonds. The van der Waals surface area contributed by atoms with E-state index in [2.05, 4.69) is 5.32 Å². The third-order valence-corrected chi connectivity index (χ3v) is 4.25. The van der Waals surface area contributed by atoms with Gasteiger partial charge in [0.05, 0.1) is 29.3 Å². The molecule has 2 atom stereocenters. The zero-order valence-electron chi connectivity index (χ0n) is 13.9. The Bertz CT molecular complexity index is 892. The second-order valence-electron chi connectivity index (χ2n) is 6.11. The lowest BCUT2D eigenvalue weighted by atomic mass is 9.95. The lowest BCUT2D eigenvalue weighted by Gasteiger charge is -2.38. The number of ether oxygens (including phenoxy) is 1. The Morgan fingerprint density at radius 1 is 1.00 bits per heavy atom. The molecule has 1 N–H and O–H groups in total. The van der Waals surface area contributed by atoms with Crippen LogP contribution in [0, 0.1) is 5.82 Å². The molecule has 0 bridgehead atoms. The SMILES string of the molecule is O=C(N[C@H]1CO[C@H]1c1ccc(C(F)(F)F)cc1F)c1ccccc1C(F)(F)F. The molecular formula is C18H12F7NO2. The fourth-order valence-electron chi connectivity index (χ4n) is 2.82. The van der Waals surface area contributed by atoms with Crippen molar-refractivity contribution in [2.24, 2.45) is 0 Å². The van der Waals surface area contributed by atoms with E-state index in [0.717, 1.165) is 24.3 Å². The predicted molar refractivity (Wildman–Crippen MR) is 82.8 cm³/mol. The second-order valence-corrected chi connectivity index (χ2v) is 6.11. The summed E-state index contributed by atoms with van der Waals surface area (Å²) in [6.45, 7) is -0.120. The summed E-state index contributed by atoms with van der Waals surface area (Å²) in [6.07, 6.45) is -10.6. The number of carbonyl (C=O) groups excluding carboxylic acids is 1. The van der Waals surface area contributed by atoms with Crippen molar-refractivity contribution in [2.45, 2.75) is 24.5 Å². The molecule has 1 saturated heterocycles. The van der Waals surface area contributed by atoms with Crippen LogP contribution >= 0.6 is 0 Å². The Kier molecular flexibility index (Phi) is 5.09. The summed E-state index contributed by atoms with van der Waals surface area (Å²) in [6, 6.07) is 5.09. The molecule has 2 aromatic rings. The number of amides is 1. The first kappa shape index (κ1) is 20.1. The zero-order chi connectivity index (χ0) is 20.7. The first-order valence-electron chi connectivity index (χ1n) is 7.94. The summed E-state index contributed by atoms with van der Waals surface area (Å²) in [4.78, 5) is 12.3. The Hall–Kier alpha value is -2.62. The van der Waals surface area contributed by atoms with Crippen molar-refractivity contribution in [1.82, 2.24) is 5.32 Å². The summed E-state index contributed by atoms with van der Waals surface area (Å²) in [7, 11) is 0.